The standard InChI is InChI=1S/C9H7.C6H5.3ClH.Hf/c1-2-5-9-7-3-6-8(9)4-1;1-2-4-6-5-3-1;;;;/h1-7H;1-5H;3*1H;. The van der Waals surface area contributed by atoms with Crippen molar-refractivity contribution in [3.05, 3.63) is 71.8 Å². The first kappa shape index (κ1) is 18.9. The topological polar surface area (TPSA) is 0 Å². The molecule has 0 saturated carbocycles. The second kappa shape index (κ2) is 8.97. The van der Waals surface area contributed by atoms with Gasteiger partial charge in [-0.25, -0.2) is 0 Å². The number of hydrogen-bond acceptors (Lipinski definition) is 0. The van der Waals surface area contributed by atoms with Crippen molar-refractivity contribution >= 4 is 46.6 Å². The molecule has 0 bridgehead atoms. The van der Waals surface area contributed by atoms with E-state index >= 15 is 0 Å². The molecule has 1 aliphatic rings. The monoisotopic (exact) mass is 480 g/mol. The van der Waals surface area contributed by atoms with Gasteiger partial charge < -0.3 is 0 Å². The summed E-state index contributed by atoms with van der Waals surface area (Å²) in [7, 11) is 0. The quantitative estimate of drug-likeness (QED) is 0.559. The van der Waals surface area contributed by atoms with Crippen molar-refractivity contribution in [3.63, 3.8) is 0 Å². The number of rotatable bonds is 2. The van der Waals surface area contributed by atoms with Gasteiger partial charge in [-0.3, -0.25) is 0 Å². The summed E-state index contributed by atoms with van der Waals surface area (Å²) in [4.78, 5) is 0. The number of hydrogen-bond donors (Lipinski definition) is 0. The van der Waals surface area contributed by atoms with Crippen molar-refractivity contribution in [1.29, 1.82) is 0 Å². The van der Waals surface area contributed by atoms with Gasteiger partial charge in [-0.2, -0.15) is 0 Å². The number of benzene rings is 2. The maximum atomic E-state index is 2.40. The molecule has 0 saturated heterocycles. The maximum Gasteiger partial charge on any atom is -0.147 e. The second-order valence-electron chi connectivity index (χ2n) is 3.98. The van der Waals surface area contributed by atoms with Crippen molar-refractivity contribution in [2.75, 3.05) is 0 Å². The predicted octanol–water partition coefficient (Wildman–Crippen LogP) is 4.43. The van der Waals surface area contributed by atoms with E-state index in [0.717, 1.165) is 3.67 Å². The smallest absolute Gasteiger partial charge is 0.147 e. The summed E-state index contributed by atoms with van der Waals surface area (Å²) in [6.07, 6.45) is 4.69. The summed E-state index contributed by atoms with van der Waals surface area (Å²) < 4.78 is 2.35. The van der Waals surface area contributed by atoms with Crippen LogP contribution in [0.4, 0.5) is 0 Å². The van der Waals surface area contributed by atoms with Crippen molar-refractivity contribution in [2.24, 2.45) is 0 Å². The average molecular weight is 480 g/mol. The van der Waals surface area contributed by atoms with Crippen molar-refractivity contribution in [2.45, 2.75) is 3.67 Å². The Kier molecular flexibility index (Phi) is 8.93. The van der Waals surface area contributed by atoms with E-state index in [2.05, 4.69) is 66.7 Å². The minimum Gasteiger partial charge on any atom is -0.147 e. The van der Waals surface area contributed by atoms with Gasteiger partial charge in [0, 0.05) is 0 Å². The Bertz CT molecular complexity index is 526. The molecule has 0 heterocycles. The molecule has 0 amide bonds. The van der Waals surface area contributed by atoms with Gasteiger partial charge in [0.15, 0.2) is 0 Å². The van der Waals surface area contributed by atoms with Crippen molar-refractivity contribution in [1.82, 2.24) is 0 Å². The van der Waals surface area contributed by atoms with Crippen molar-refractivity contribution < 1.29 is 22.9 Å². The van der Waals surface area contributed by atoms with Gasteiger partial charge in [-0.1, -0.05) is 0 Å². The predicted molar refractivity (Wildman–Crippen MR) is 86.0 cm³/mol. The van der Waals surface area contributed by atoms with Crippen LogP contribution >= 0.6 is 37.2 Å². The molecule has 4 heteroatoms. The molecule has 2 aromatic rings. The van der Waals surface area contributed by atoms with Crippen LogP contribution in [0.15, 0.2) is 60.7 Å². The molecule has 19 heavy (non-hydrogen) atoms. The number of fused-ring (bicyclic) bond motifs is 1. The Hall–Kier alpha value is -0.0799. The molecule has 0 aliphatic heterocycles. The minimum absolute atomic E-state index is 0. The van der Waals surface area contributed by atoms with E-state index in [1.807, 2.05) is 0 Å². The first-order chi connectivity index (χ1) is 7.93. The molecule has 0 radical (unpaired) electrons. The van der Waals surface area contributed by atoms with Gasteiger partial charge in [0.25, 0.3) is 0 Å². The van der Waals surface area contributed by atoms with E-state index in [1.54, 1.807) is 8.88 Å². The van der Waals surface area contributed by atoms with Crippen LogP contribution in [0.2, 0.25) is 0 Å². The summed E-state index contributed by atoms with van der Waals surface area (Å²) in [5, 5.41) is 0. The van der Waals surface area contributed by atoms with Crippen LogP contribution in [-0.2, 0) is 22.9 Å². The van der Waals surface area contributed by atoms with Gasteiger partial charge in [0.1, 0.15) is 0 Å². The van der Waals surface area contributed by atoms with Gasteiger partial charge in [-0.05, 0) is 0 Å². The zero-order chi connectivity index (χ0) is 10.8. The van der Waals surface area contributed by atoms with E-state index in [1.165, 1.54) is 5.56 Å². The van der Waals surface area contributed by atoms with E-state index in [-0.39, 0.29) is 37.2 Å². The molecular weight excluding hydrogens is 465 g/mol. The summed E-state index contributed by atoms with van der Waals surface area (Å²) in [5.41, 5.74) is 2.98. The summed E-state index contributed by atoms with van der Waals surface area (Å²) in [6, 6.07) is 19.8. The van der Waals surface area contributed by atoms with Gasteiger partial charge in [-0.15, -0.1) is 37.2 Å². The second-order valence-corrected chi connectivity index (χ2v) is 9.32. The van der Waals surface area contributed by atoms with Crippen LogP contribution in [0.1, 0.15) is 14.8 Å². The van der Waals surface area contributed by atoms with Crippen LogP contribution in [0.5, 0.6) is 0 Å². The fourth-order valence-corrected chi connectivity index (χ4v) is 6.96. The SMILES string of the molecule is C1=C[CH]([Hf][c]2ccccc2)c2ccccc21.Cl.Cl.Cl. The molecule has 0 fully saturated rings. The van der Waals surface area contributed by atoms with Gasteiger partial charge >= 0.3 is 108 Å². The zero-order valence-electron chi connectivity index (χ0n) is 10.2. The fourth-order valence-electron chi connectivity index (χ4n) is 2.09. The third-order valence-corrected chi connectivity index (χ3v) is 8.22. The first-order valence-electron chi connectivity index (χ1n) is 5.52. The molecule has 1 atom stereocenters. The van der Waals surface area contributed by atoms with E-state index in [9.17, 15) is 0 Å². The zero-order valence-corrected chi connectivity index (χ0v) is 16.2. The third-order valence-electron chi connectivity index (χ3n) is 2.90. The van der Waals surface area contributed by atoms with E-state index in [4.69, 9.17) is 0 Å². The van der Waals surface area contributed by atoms with E-state index < -0.39 is 22.9 Å². The Morgan fingerprint density at radius 1 is 0.737 bits per heavy atom. The Morgan fingerprint density at radius 2 is 1.37 bits per heavy atom. The molecular formula is C15H15Cl3Hf. The van der Waals surface area contributed by atoms with Gasteiger partial charge in [0.05, 0.1) is 0 Å². The molecule has 0 N–H and O–H groups in total. The van der Waals surface area contributed by atoms with Crippen LogP contribution in [0, 0.1) is 0 Å². The Morgan fingerprint density at radius 3 is 2.11 bits per heavy atom. The minimum atomic E-state index is -0.765. The van der Waals surface area contributed by atoms with E-state index in [0.29, 0.717) is 0 Å². The maximum absolute atomic E-state index is 2.40. The van der Waals surface area contributed by atoms with Crippen LogP contribution in [-0.4, -0.2) is 0 Å². The van der Waals surface area contributed by atoms with Crippen LogP contribution in [0.25, 0.3) is 6.08 Å². The van der Waals surface area contributed by atoms with Crippen LogP contribution < -0.4 is 3.32 Å². The molecule has 3 rings (SSSR count). The average Bonchev–Trinajstić information content (AvgIpc) is 2.74. The molecule has 2 aromatic carbocycles. The normalized spacial score (nSPS) is 14.4. The molecule has 1 aliphatic carbocycles. The number of allylic oxidation sites excluding steroid dienone is 1. The molecule has 0 nitrogen and oxygen atoms in total. The summed E-state index contributed by atoms with van der Waals surface area (Å²) in [6.45, 7) is 0. The molecule has 1 unspecified atom stereocenters. The largest absolute Gasteiger partial charge is 0.147 e. The Balaban J connectivity index is 0.00000108. The molecule has 0 spiro atoms. The van der Waals surface area contributed by atoms with Crippen LogP contribution in [0.3, 0.4) is 0 Å². The summed E-state index contributed by atoms with van der Waals surface area (Å²) >= 11 is -0.765. The third kappa shape index (κ3) is 4.46. The first-order valence-corrected chi connectivity index (χ1v) is 9.39. The van der Waals surface area contributed by atoms with Gasteiger partial charge in [0.2, 0.25) is 0 Å². The number of halogens is 3. The summed E-state index contributed by atoms with van der Waals surface area (Å²) in [5.74, 6) is 0. The molecule has 0 aromatic heterocycles. The van der Waals surface area contributed by atoms with Crippen molar-refractivity contribution in [3.8, 4) is 0 Å². The Labute approximate surface area is 144 Å². The fraction of sp³-hybridized carbons (Fsp3) is 0.0667. The molecule has 100 valence electrons.